The molecule has 7 heteroatoms. The summed E-state index contributed by atoms with van der Waals surface area (Å²) in [7, 11) is 1.67. The first kappa shape index (κ1) is 19.1. The standard InChI is InChI=1S/C18H25F2N3O2/c1-3-25-17(24)14-5-4-10-23(12-14)18(21-2)22-9-8-13-11-15(19)6-7-16(13)20/h6-7,11,14H,3-5,8-10,12H2,1-2H3,(H,21,22). The summed E-state index contributed by atoms with van der Waals surface area (Å²) in [6, 6.07) is 3.44. The first-order valence-corrected chi connectivity index (χ1v) is 8.61. The van der Waals surface area contributed by atoms with E-state index in [-0.39, 0.29) is 11.9 Å². The lowest BCUT2D eigenvalue weighted by Crippen LogP contribution is -2.48. The summed E-state index contributed by atoms with van der Waals surface area (Å²) in [5, 5.41) is 3.16. The van der Waals surface area contributed by atoms with E-state index in [9.17, 15) is 13.6 Å². The number of piperidine rings is 1. The van der Waals surface area contributed by atoms with E-state index in [1.165, 1.54) is 6.07 Å². The largest absolute Gasteiger partial charge is 0.466 e. The second-order valence-corrected chi connectivity index (χ2v) is 6.00. The Kier molecular flexibility index (Phi) is 7.16. The van der Waals surface area contributed by atoms with Gasteiger partial charge < -0.3 is 15.0 Å². The summed E-state index contributed by atoms with van der Waals surface area (Å²) in [6.07, 6.45) is 2.03. The molecule has 0 bridgehead atoms. The first-order valence-electron chi connectivity index (χ1n) is 8.61. The van der Waals surface area contributed by atoms with Gasteiger partial charge in [-0.25, -0.2) is 8.78 Å². The number of guanidine groups is 1. The Labute approximate surface area is 147 Å². The average Bonchev–Trinajstić information content (AvgIpc) is 2.62. The Morgan fingerprint density at radius 3 is 2.96 bits per heavy atom. The predicted molar refractivity (Wildman–Crippen MR) is 92.4 cm³/mol. The van der Waals surface area contributed by atoms with Crippen molar-refractivity contribution in [3.05, 3.63) is 35.4 Å². The van der Waals surface area contributed by atoms with Crippen LogP contribution in [0.25, 0.3) is 0 Å². The predicted octanol–water partition coefficient (Wildman–Crippen LogP) is 2.36. The Morgan fingerprint density at radius 2 is 2.24 bits per heavy atom. The van der Waals surface area contributed by atoms with Gasteiger partial charge in [-0.2, -0.15) is 0 Å². The fourth-order valence-corrected chi connectivity index (χ4v) is 3.00. The molecule has 0 aromatic heterocycles. The number of nitrogens with zero attached hydrogens (tertiary/aromatic N) is 2. The van der Waals surface area contributed by atoms with Crippen LogP contribution >= 0.6 is 0 Å². The van der Waals surface area contributed by atoms with Gasteiger partial charge in [0.2, 0.25) is 0 Å². The van der Waals surface area contributed by atoms with Crippen molar-refractivity contribution in [3.63, 3.8) is 0 Å². The maximum absolute atomic E-state index is 13.7. The number of aliphatic imine (C=N–C) groups is 1. The number of nitrogens with one attached hydrogen (secondary N) is 1. The molecule has 0 aliphatic carbocycles. The quantitative estimate of drug-likeness (QED) is 0.502. The van der Waals surface area contributed by atoms with Gasteiger partial charge in [-0.1, -0.05) is 0 Å². The molecule has 1 aromatic carbocycles. The van der Waals surface area contributed by atoms with Crippen molar-refractivity contribution in [2.24, 2.45) is 10.9 Å². The molecule has 0 saturated carbocycles. The molecule has 1 unspecified atom stereocenters. The van der Waals surface area contributed by atoms with Gasteiger partial charge in [-0.05, 0) is 49.9 Å². The number of halogens is 2. The summed E-state index contributed by atoms with van der Waals surface area (Å²) >= 11 is 0. The van der Waals surface area contributed by atoms with Crippen LogP contribution in [0.1, 0.15) is 25.3 Å². The van der Waals surface area contributed by atoms with Crippen molar-refractivity contribution < 1.29 is 18.3 Å². The molecule has 2 rings (SSSR count). The second-order valence-electron chi connectivity index (χ2n) is 6.00. The lowest BCUT2D eigenvalue weighted by atomic mass is 9.98. The summed E-state index contributed by atoms with van der Waals surface area (Å²) < 4.78 is 32.0. The molecule has 0 amide bonds. The minimum atomic E-state index is -0.450. The maximum Gasteiger partial charge on any atom is 0.310 e. The third kappa shape index (κ3) is 5.41. The van der Waals surface area contributed by atoms with Crippen LogP contribution in [0.5, 0.6) is 0 Å². The van der Waals surface area contributed by atoms with Crippen LogP contribution < -0.4 is 5.32 Å². The molecule has 0 radical (unpaired) electrons. The second kappa shape index (κ2) is 9.34. The molecule has 1 heterocycles. The molecule has 1 aliphatic heterocycles. The number of carbonyl (C=O) groups is 1. The number of carbonyl (C=O) groups excluding carboxylic acids is 1. The number of esters is 1. The van der Waals surface area contributed by atoms with E-state index in [0.29, 0.717) is 37.6 Å². The maximum atomic E-state index is 13.7. The molecule has 0 spiro atoms. The fraction of sp³-hybridized carbons (Fsp3) is 0.556. The highest BCUT2D eigenvalue weighted by molar-refractivity contribution is 5.81. The van der Waals surface area contributed by atoms with Crippen molar-refractivity contribution in [2.45, 2.75) is 26.2 Å². The minimum Gasteiger partial charge on any atom is -0.466 e. The zero-order valence-electron chi connectivity index (χ0n) is 14.7. The molecule has 1 aliphatic rings. The smallest absolute Gasteiger partial charge is 0.310 e. The lowest BCUT2D eigenvalue weighted by molar-refractivity contribution is -0.149. The van der Waals surface area contributed by atoms with E-state index in [0.717, 1.165) is 31.5 Å². The number of likely N-dealkylation sites (tertiary alicyclic amines) is 1. The molecule has 1 aromatic rings. The topological polar surface area (TPSA) is 53.9 Å². The Morgan fingerprint density at radius 1 is 1.44 bits per heavy atom. The molecule has 5 nitrogen and oxygen atoms in total. The third-order valence-corrected chi connectivity index (χ3v) is 4.24. The van der Waals surface area contributed by atoms with Crippen molar-refractivity contribution in [3.8, 4) is 0 Å². The number of hydrogen-bond donors (Lipinski definition) is 1. The van der Waals surface area contributed by atoms with E-state index >= 15 is 0 Å². The van der Waals surface area contributed by atoms with Crippen molar-refractivity contribution in [1.82, 2.24) is 10.2 Å². The van der Waals surface area contributed by atoms with Crippen LogP contribution in [0.4, 0.5) is 8.78 Å². The van der Waals surface area contributed by atoms with Crippen LogP contribution in [0, 0.1) is 17.6 Å². The van der Waals surface area contributed by atoms with Gasteiger partial charge in [0.05, 0.1) is 12.5 Å². The number of ether oxygens (including phenoxy) is 1. The summed E-state index contributed by atoms with van der Waals surface area (Å²) in [6.45, 7) is 3.94. The monoisotopic (exact) mass is 353 g/mol. The third-order valence-electron chi connectivity index (χ3n) is 4.24. The average molecular weight is 353 g/mol. The number of hydrogen-bond acceptors (Lipinski definition) is 3. The van der Waals surface area contributed by atoms with E-state index in [4.69, 9.17) is 4.74 Å². The van der Waals surface area contributed by atoms with Gasteiger partial charge in [0.25, 0.3) is 0 Å². The highest BCUT2D eigenvalue weighted by atomic mass is 19.1. The Bertz CT molecular complexity index is 622. The normalized spacial score (nSPS) is 18.2. The van der Waals surface area contributed by atoms with Crippen molar-refractivity contribution in [1.29, 1.82) is 0 Å². The Balaban J connectivity index is 1.89. The zero-order chi connectivity index (χ0) is 18.2. The molecule has 1 saturated heterocycles. The van der Waals surface area contributed by atoms with Crippen LogP contribution in [0.2, 0.25) is 0 Å². The van der Waals surface area contributed by atoms with Crippen molar-refractivity contribution in [2.75, 3.05) is 33.3 Å². The molecule has 1 atom stereocenters. The van der Waals surface area contributed by atoms with Crippen LogP contribution in [0.15, 0.2) is 23.2 Å². The van der Waals surface area contributed by atoms with Crippen LogP contribution in [-0.4, -0.2) is 50.1 Å². The van der Waals surface area contributed by atoms with Crippen LogP contribution in [-0.2, 0) is 16.0 Å². The Hall–Kier alpha value is -2.18. The highest BCUT2D eigenvalue weighted by Gasteiger charge is 2.28. The van der Waals surface area contributed by atoms with E-state index in [1.54, 1.807) is 14.0 Å². The minimum absolute atomic E-state index is 0.159. The fourth-order valence-electron chi connectivity index (χ4n) is 3.00. The van der Waals surface area contributed by atoms with Gasteiger partial charge >= 0.3 is 5.97 Å². The highest BCUT2D eigenvalue weighted by Crippen LogP contribution is 2.18. The summed E-state index contributed by atoms with van der Waals surface area (Å²) in [4.78, 5) is 18.2. The van der Waals surface area contributed by atoms with Crippen LogP contribution in [0.3, 0.4) is 0 Å². The summed E-state index contributed by atoms with van der Waals surface area (Å²) in [5.74, 6) is -0.546. The van der Waals surface area contributed by atoms with Gasteiger partial charge in [0, 0.05) is 26.7 Å². The lowest BCUT2D eigenvalue weighted by Gasteiger charge is -2.34. The first-order chi connectivity index (χ1) is 12.0. The molecular weight excluding hydrogens is 328 g/mol. The van der Waals surface area contributed by atoms with E-state index in [2.05, 4.69) is 10.3 Å². The van der Waals surface area contributed by atoms with E-state index in [1.807, 2.05) is 4.90 Å². The molecule has 1 fully saturated rings. The summed E-state index contributed by atoms with van der Waals surface area (Å²) in [5.41, 5.74) is 0.325. The van der Waals surface area contributed by atoms with Gasteiger partial charge in [0.1, 0.15) is 11.6 Å². The van der Waals surface area contributed by atoms with Gasteiger partial charge in [-0.3, -0.25) is 9.79 Å². The molecule has 1 N–H and O–H groups in total. The molecule has 138 valence electrons. The zero-order valence-corrected chi connectivity index (χ0v) is 14.7. The number of benzene rings is 1. The van der Waals surface area contributed by atoms with E-state index < -0.39 is 11.6 Å². The van der Waals surface area contributed by atoms with Gasteiger partial charge in [-0.15, -0.1) is 0 Å². The van der Waals surface area contributed by atoms with Gasteiger partial charge in [0.15, 0.2) is 5.96 Å². The SMILES string of the molecule is CCOC(=O)C1CCCN(C(=NC)NCCc2cc(F)ccc2F)C1. The van der Waals surface area contributed by atoms with Crippen molar-refractivity contribution >= 4 is 11.9 Å². The molecular formula is C18H25F2N3O2. The molecule has 25 heavy (non-hydrogen) atoms. The number of rotatable bonds is 5.